The van der Waals surface area contributed by atoms with Crippen LogP contribution in [0.1, 0.15) is 48.8 Å². The quantitative estimate of drug-likeness (QED) is 0.175. The van der Waals surface area contributed by atoms with E-state index in [1.165, 1.54) is 17.7 Å². The molecule has 3 fully saturated rings. The van der Waals surface area contributed by atoms with E-state index in [0.29, 0.717) is 31.4 Å². The summed E-state index contributed by atoms with van der Waals surface area (Å²) in [6.07, 6.45) is 4.77. The van der Waals surface area contributed by atoms with Crippen molar-refractivity contribution in [3.05, 3.63) is 113 Å². The number of phenolic OH excluding ortho intramolecular Hbond substituents is 1. The topological polar surface area (TPSA) is 90.3 Å². The predicted octanol–water partition coefficient (Wildman–Crippen LogP) is 5.83. The van der Waals surface area contributed by atoms with Gasteiger partial charge in [-0.2, -0.15) is 0 Å². The second kappa shape index (κ2) is 13.6. The monoisotopic (exact) mass is 636 g/mol. The fourth-order valence-electron chi connectivity index (χ4n) is 8.23. The van der Waals surface area contributed by atoms with E-state index in [4.69, 9.17) is 4.74 Å². The fourth-order valence-corrected chi connectivity index (χ4v) is 8.23. The molecule has 2 N–H and O–H groups in total. The van der Waals surface area contributed by atoms with Crippen LogP contribution in [-0.2, 0) is 20.9 Å². The molecule has 7 nitrogen and oxygen atoms in total. The zero-order valence-electron chi connectivity index (χ0n) is 26.4. The van der Waals surface area contributed by atoms with Gasteiger partial charge in [0.05, 0.1) is 31.2 Å². The lowest BCUT2D eigenvalue weighted by molar-refractivity contribution is -0.144. The highest BCUT2D eigenvalue weighted by atomic mass is 19.1. The van der Waals surface area contributed by atoms with Crippen molar-refractivity contribution in [1.82, 2.24) is 9.80 Å². The van der Waals surface area contributed by atoms with E-state index in [2.05, 4.69) is 17.0 Å². The third kappa shape index (κ3) is 6.30. The summed E-state index contributed by atoms with van der Waals surface area (Å²) in [4.78, 5) is 31.9. The van der Waals surface area contributed by atoms with E-state index in [0.717, 1.165) is 54.8 Å². The molecule has 3 aliphatic heterocycles. The molecule has 7 rings (SSSR count). The first kappa shape index (κ1) is 31.5. The van der Waals surface area contributed by atoms with Crippen LogP contribution in [0.3, 0.4) is 0 Å². The Labute approximate surface area is 275 Å². The number of rotatable bonds is 9. The molecule has 8 heteroatoms. The van der Waals surface area contributed by atoms with Crippen molar-refractivity contribution in [3.63, 3.8) is 0 Å². The molecule has 0 spiro atoms. The second-order valence-corrected chi connectivity index (χ2v) is 13.3. The maximum absolute atomic E-state index is 14.2. The van der Waals surface area contributed by atoms with Gasteiger partial charge in [0.15, 0.2) is 11.6 Å². The van der Waals surface area contributed by atoms with Gasteiger partial charge in [0, 0.05) is 31.6 Å². The first-order chi connectivity index (χ1) is 22.9. The molecular formula is C39H41FN2O5. The Kier molecular flexibility index (Phi) is 9.08. The fraction of sp³-hybridized carbons (Fsp3) is 0.385. The lowest BCUT2D eigenvalue weighted by Gasteiger charge is -2.36. The van der Waals surface area contributed by atoms with Gasteiger partial charge in [0.25, 0.3) is 0 Å². The van der Waals surface area contributed by atoms with Gasteiger partial charge in [0.1, 0.15) is 0 Å². The molecule has 3 heterocycles. The number of carbonyl (C=O) groups is 2. The van der Waals surface area contributed by atoms with Gasteiger partial charge in [-0.05, 0) is 77.6 Å². The highest BCUT2D eigenvalue weighted by Crippen LogP contribution is 2.50. The van der Waals surface area contributed by atoms with Gasteiger partial charge in [-0.1, -0.05) is 72.8 Å². The number of piperidine rings is 1. The van der Waals surface area contributed by atoms with Crippen LogP contribution < -0.4 is 0 Å². The number of fused-ring (bicyclic) bond motifs is 3. The summed E-state index contributed by atoms with van der Waals surface area (Å²) in [5.41, 5.74) is 5.69. The van der Waals surface area contributed by atoms with Crippen LogP contribution in [0, 0.1) is 23.6 Å². The standard InChI is InChI=1S/C39H41FN2O5/c40-33-20-26(11-13-34(33)44)19-28(27-9-5-2-6-10-27)12-14-35-36-29(23-43)21-31-37(32(36)24-47-35)39(46)42(38(31)45)30-15-17-41(18-16-30)22-25-7-3-1-4-8-25/h1-11,13,19-20,30-32,35,37,43-44H,12,14-18,21-24H2/b28-19-/t31-,32+,35-,37-/m1/s1. The van der Waals surface area contributed by atoms with Gasteiger partial charge in [0.2, 0.25) is 11.8 Å². The number of allylic oxidation sites excluding steroid dienone is 1. The summed E-state index contributed by atoms with van der Waals surface area (Å²) in [6, 6.07) is 24.5. The average molecular weight is 637 g/mol. The Morgan fingerprint density at radius 1 is 0.936 bits per heavy atom. The maximum Gasteiger partial charge on any atom is 0.234 e. The van der Waals surface area contributed by atoms with Crippen molar-refractivity contribution in [2.24, 2.45) is 17.8 Å². The summed E-state index contributed by atoms with van der Waals surface area (Å²) in [6.45, 7) is 2.71. The number of ether oxygens (including phenoxy) is 1. The van der Waals surface area contributed by atoms with Gasteiger partial charge >= 0.3 is 0 Å². The van der Waals surface area contributed by atoms with Gasteiger partial charge in [-0.3, -0.25) is 19.4 Å². The number of carbonyl (C=O) groups excluding carboxylic acids is 2. The number of hydrogen-bond donors (Lipinski definition) is 2. The number of benzene rings is 3. The molecule has 4 atom stereocenters. The lowest BCUT2D eigenvalue weighted by Crippen LogP contribution is -2.47. The average Bonchev–Trinajstić information content (AvgIpc) is 3.63. The van der Waals surface area contributed by atoms with E-state index in [1.54, 1.807) is 11.0 Å². The minimum atomic E-state index is -0.676. The van der Waals surface area contributed by atoms with Crippen LogP contribution in [-0.4, -0.2) is 70.3 Å². The number of aliphatic hydroxyl groups excluding tert-OH is 1. The van der Waals surface area contributed by atoms with Gasteiger partial charge < -0.3 is 14.9 Å². The number of aliphatic hydroxyl groups is 1. The Hall–Kier alpha value is -4.11. The van der Waals surface area contributed by atoms with Crippen molar-refractivity contribution < 1.29 is 28.9 Å². The van der Waals surface area contributed by atoms with Crippen molar-refractivity contribution in [3.8, 4) is 5.75 Å². The van der Waals surface area contributed by atoms with Crippen LogP contribution in [0.4, 0.5) is 4.39 Å². The zero-order valence-corrected chi connectivity index (χ0v) is 26.4. The van der Waals surface area contributed by atoms with Gasteiger partial charge in [-0.25, -0.2) is 4.39 Å². The molecule has 1 aliphatic carbocycles. The minimum absolute atomic E-state index is 0.0792. The van der Waals surface area contributed by atoms with Crippen LogP contribution >= 0.6 is 0 Å². The third-order valence-electron chi connectivity index (χ3n) is 10.5. The zero-order chi connectivity index (χ0) is 32.5. The number of hydrogen-bond acceptors (Lipinski definition) is 6. The molecule has 0 radical (unpaired) electrons. The van der Waals surface area contributed by atoms with Gasteiger partial charge in [-0.15, -0.1) is 0 Å². The predicted molar refractivity (Wildman–Crippen MR) is 177 cm³/mol. The van der Waals surface area contributed by atoms with E-state index >= 15 is 0 Å². The number of amides is 2. The molecule has 3 saturated heterocycles. The Bertz CT molecular complexity index is 1680. The Morgan fingerprint density at radius 2 is 1.66 bits per heavy atom. The summed E-state index contributed by atoms with van der Waals surface area (Å²) in [5, 5.41) is 20.2. The largest absolute Gasteiger partial charge is 0.505 e. The number of halogens is 1. The van der Waals surface area contributed by atoms with Crippen LogP contribution in [0.25, 0.3) is 11.6 Å². The second-order valence-electron chi connectivity index (χ2n) is 13.3. The van der Waals surface area contributed by atoms with Crippen LogP contribution in [0.5, 0.6) is 5.75 Å². The van der Waals surface area contributed by atoms with E-state index in [9.17, 15) is 24.2 Å². The smallest absolute Gasteiger partial charge is 0.234 e. The maximum atomic E-state index is 14.2. The first-order valence-corrected chi connectivity index (χ1v) is 16.7. The molecule has 0 unspecified atom stereocenters. The lowest BCUT2D eigenvalue weighted by atomic mass is 9.69. The minimum Gasteiger partial charge on any atom is -0.505 e. The number of likely N-dealkylation sites (tertiary alicyclic amines) is 2. The molecular weight excluding hydrogens is 595 g/mol. The van der Waals surface area contributed by atoms with Crippen molar-refractivity contribution in [2.45, 2.75) is 50.8 Å². The van der Waals surface area contributed by atoms with E-state index in [1.807, 2.05) is 54.6 Å². The molecule has 244 valence electrons. The molecule has 47 heavy (non-hydrogen) atoms. The Balaban J connectivity index is 1.06. The number of phenols is 1. The van der Waals surface area contributed by atoms with Crippen molar-refractivity contribution in [1.29, 1.82) is 0 Å². The summed E-state index contributed by atoms with van der Waals surface area (Å²) < 4.78 is 20.5. The third-order valence-corrected chi connectivity index (χ3v) is 10.5. The highest BCUT2D eigenvalue weighted by Gasteiger charge is 2.58. The van der Waals surface area contributed by atoms with E-state index in [-0.39, 0.29) is 42.2 Å². The molecule has 0 bridgehead atoms. The SMILES string of the molecule is O=C1[C@@H]2[C@@H](CC(CO)=C3[C@@H](CC/C(=C/c4ccc(O)c(F)c4)c4ccccc4)OC[C@@H]32)C(=O)N1C1CCN(Cc2ccccc2)CC1. The number of imide groups is 1. The summed E-state index contributed by atoms with van der Waals surface area (Å²) in [5.74, 6) is -2.37. The summed E-state index contributed by atoms with van der Waals surface area (Å²) in [7, 11) is 0. The van der Waals surface area contributed by atoms with E-state index < -0.39 is 17.7 Å². The Morgan fingerprint density at radius 3 is 2.36 bits per heavy atom. The van der Waals surface area contributed by atoms with Crippen LogP contribution in [0.15, 0.2) is 90.0 Å². The highest BCUT2D eigenvalue weighted by molar-refractivity contribution is 6.06. The van der Waals surface area contributed by atoms with Crippen LogP contribution in [0.2, 0.25) is 0 Å². The molecule has 3 aromatic carbocycles. The number of aromatic hydroxyl groups is 1. The first-order valence-electron chi connectivity index (χ1n) is 16.7. The van der Waals surface area contributed by atoms with Crippen molar-refractivity contribution >= 4 is 23.5 Å². The molecule has 0 saturated carbocycles. The normalized spacial score (nSPS) is 25.4. The summed E-state index contributed by atoms with van der Waals surface area (Å²) >= 11 is 0. The molecule has 2 amide bonds. The molecule has 0 aromatic heterocycles. The molecule has 4 aliphatic rings. The van der Waals surface area contributed by atoms with Crippen molar-refractivity contribution in [2.75, 3.05) is 26.3 Å². The molecule has 3 aromatic rings. The number of nitrogens with zero attached hydrogens (tertiary/aromatic N) is 2.